The van der Waals surface area contributed by atoms with Crippen LogP contribution in [-0.4, -0.2) is 35.8 Å². The minimum atomic E-state index is -0.784. The highest BCUT2D eigenvalue weighted by Crippen LogP contribution is 2.25. The molecule has 0 fully saturated rings. The maximum absolute atomic E-state index is 10.9. The number of aliphatic hydroxyl groups excluding tert-OH is 1. The summed E-state index contributed by atoms with van der Waals surface area (Å²) in [6, 6.07) is 11.5. The summed E-state index contributed by atoms with van der Waals surface area (Å²) in [4.78, 5) is 10.4. The molecule has 0 aliphatic heterocycles. The molecule has 0 bridgehead atoms. The SMILES string of the molecule is O=[N+]([O-])c1ccccc1OC[C@H](O)CNCCc1ccc(Cl)c(Cl)c1. The summed E-state index contributed by atoms with van der Waals surface area (Å²) in [5.74, 6) is 0.141. The van der Waals surface area contributed by atoms with Gasteiger partial charge in [0.15, 0.2) is 5.75 Å². The number of nitrogens with one attached hydrogen (secondary N) is 1. The van der Waals surface area contributed by atoms with E-state index in [1.165, 1.54) is 12.1 Å². The zero-order valence-electron chi connectivity index (χ0n) is 13.3. The Hall–Kier alpha value is -1.86. The zero-order chi connectivity index (χ0) is 18.2. The van der Waals surface area contributed by atoms with E-state index in [0.717, 1.165) is 12.0 Å². The van der Waals surface area contributed by atoms with Crippen molar-refractivity contribution in [1.82, 2.24) is 5.32 Å². The van der Waals surface area contributed by atoms with Crippen molar-refractivity contribution in [1.29, 1.82) is 0 Å². The van der Waals surface area contributed by atoms with Crippen molar-refractivity contribution in [3.8, 4) is 5.75 Å². The van der Waals surface area contributed by atoms with Crippen LogP contribution in [0.5, 0.6) is 5.75 Å². The van der Waals surface area contributed by atoms with Crippen LogP contribution in [0.15, 0.2) is 42.5 Å². The number of aliphatic hydroxyl groups is 1. The molecule has 0 saturated heterocycles. The van der Waals surface area contributed by atoms with Crippen LogP contribution in [-0.2, 0) is 6.42 Å². The monoisotopic (exact) mass is 384 g/mol. The van der Waals surface area contributed by atoms with E-state index in [9.17, 15) is 15.2 Å². The summed E-state index contributed by atoms with van der Waals surface area (Å²) in [6.45, 7) is 0.910. The van der Waals surface area contributed by atoms with Crippen LogP contribution in [0.4, 0.5) is 5.69 Å². The molecule has 2 N–H and O–H groups in total. The van der Waals surface area contributed by atoms with Crippen molar-refractivity contribution in [2.24, 2.45) is 0 Å². The fourth-order valence-electron chi connectivity index (χ4n) is 2.17. The van der Waals surface area contributed by atoms with Crippen LogP contribution in [0.3, 0.4) is 0 Å². The van der Waals surface area contributed by atoms with E-state index in [4.69, 9.17) is 27.9 Å². The van der Waals surface area contributed by atoms with E-state index >= 15 is 0 Å². The fraction of sp³-hybridized carbons (Fsp3) is 0.294. The number of halogens is 2. The first kappa shape index (κ1) is 19.5. The lowest BCUT2D eigenvalue weighted by atomic mass is 10.1. The average Bonchev–Trinajstić information content (AvgIpc) is 2.60. The average molecular weight is 385 g/mol. The Morgan fingerprint density at radius 2 is 1.96 bits per heavy atom. The van der Waals surface area contributed by atoms with Gasteiger partial charge in [-0.3, -0.25) is 10.1 Å². The topological polar surface area (TPSA) is 84.6 Å². The molecule has 1 atom stereocenters. The lowest BCUT2D eigenvalue weighted by molar-refractivity contribution is -0.385. The van der Waals surface area contributed by atoms with Gasteiger partial charge in [-0.1, -0.05) is 41.4 Å². The lowest BCUT2D eigenvalue weighted by Gasteiger charge is -2.13. The van der Waals surface area contributed by atoms with Gasteiger partial charge in [-0.05, 0) is 36.7 Å². The normalized spacial score (nSPS) is 12.0. The van der Waals surface area contributed by atoms with Crippen molar-refractivity contribution >= 4 is 28.9 Å². The second-order valence-electron chi connectivity index (χ2n) is 5.39. The second-order valence-corrected chi connectivity index (χ2v) is 6.21. The van der Waals surface area contributed by atoms with Crippen LogP contribution >= 0.6 is 23.2 Å². The first-order valence-corrected chi connectivity index (χ1v) is 8.42. The van der Waals surface area contributed by atoms with E-state index < -0.39 is 11.0 Å². The summed E-state index contributed by atoms with van der Waals surface area (Å²) < 4.78 is 5.34. The Morgan fingerprint density at radius 3 is 2.68 bits per heavy atom. The number of nitro benzene ring substituents is 1. The molecule has 134 valence electrons. The largest absolute Gasteiger partial charge is 0.484 e. The van der Waals surface area contributed by atoms with E-state index in [-0.39, 0.29) is 18.0 Å². The molecule has 0 aromatic heterocycles. The smallest absolute Gasteiger partial charge is 0.310 e. The van der Waals surface area contributed by atoms with Gasteiger partial charge in [0.25, 0.3) is 0 Å². The molecule has 2 aromatic rings. The third-order valence-electron chi connectivity index (χ3n) is 3.45. The van der Waals surface area contributed by atoms with E-state index in [1.807, 2.05) is 6.07 Å². The molecule has 2 aromatic carbocycles. The van der Waals surface area contributed by atoms with Gasteiger partial charge < -0.3 is 15.2 Å². The highest BCUT2D eigenvalue weighted by atomic mass is 35.5. The molecule has 0 saturated carbocycles. The molecular formula is C17H18Cl2N2O4. The molecule has 25 heavy (non-hydrogen) atoms. The highest BCUT2D eigenvalue weighted by Gasteiger charge is 2.15. The molecule has 0 unspecified atom stereocenters. The van der Waals surface area contributed by atoms with Crippen LogP contribution in [0.1, 0.15) is 5.56 Å². The van der Waals surface area contributed by atoms with Crippen molar-refractivity contribution in [2.75, 3.05) is 19.7 Å². The zero-order valence-corrected chi connectivity index (χ0v) is 14.8. The quantitative estimate of drug-likeness (QED) is 0.392. The van der Waals surface area contributed by atoms with Crippen LogP contribution in [0, 0.1) is 10.1 Å². The molecule has 0 radical (unpaired) electrons. The fourth-order valence-corrected chi connectivity index (χ4v) is 2.49. The standard InChI is InChI=1S/C17H18Cl2N2O4/c18-14-6-5-12(9-15(14)19)7-8-20-10-13(22)11-25-17-4-2-1-3-16(17)21(23)24/h1-6,9,13,20,22H,7-8,10-11H2/t13-/m1/s1. The van der Waals surface area contributed by atoms with Gasteiger partial charge in [-0.25, -0.2) is 0 Å². The number of nitro groups is 1. The predicted octanol–water partition coefficient (Wildman–Crippen LogP) is 3.47. The molecule has 6 nitrogen and oxygen atoms in total. The van der Waals surface area contributed by atoms with Crippen molar-refractivity contribution in [3.63, 3.8) is 0 Å². The van der Waals surface area contributed by atoms with E-state index in [0.29, 0.717) is 23.1 Å². The predicted molar refractivity (Wildman–Crippen MR) is 97.6 cm³/mol. The Morgan fingerprint density at radius 1 is 1.20 bits per heavy atom. The van der Waals surface area contributed by atoms with E-state index in [2.05, 4.69) is 5.32 Å². The van der Waals surface area contributed by atoms with Crippen molar-refractivity contribution in [2.45, 2.75) is 12.5 Å². The van der Waals surface area contributed by atoms with Gasteiger partial charge in [-0.2, -0.15) is 0 Å². The minimum Gasteiger partial charge on any atom is -0.484 e. The number of ether oxygens (including phenoxy) is 1. The van der Waals surface area contributed by atoms with Gasteiger partial charge in [-0.15, -0.1) is 0 Å². The summed E-state index contributed by atoms with van der Waals surface area (Å²) >= 11 is 11.8. The Bertz CT molecular complexity index is 728. The van der Waals surface area contributed by atoms with Crippen LogP contribution in [0.2, 0.25) is 10.0 Å². The third-order valence-corrected chi connectivity index (χ3v) is 4.19. The number of nitrogens with zero attached hydrogens (tertiary/aromatic N) is 1. The lowest BCUT2D eigenvalue weighted by Crippen LogP contribution is -2.32. The maximum atomic E-state index is 10.9. The van der Waals surface area contributed by atoms with Crippen molar-refractivity contribution in [3.05, 3.63) is 68.2 Å². The van der Waals surface area contributed by atoms with Gasteiger partial charge in [0, 0.05) is 12.6 Å². The number of benzene rings is 2. The number of hydrogen-bond acceptors (Lipinski definition) is 5. The van der Waals surface area contributed by atoms with Gasteiger partial charge in [0.2, 0.25) is 0 Å². The molecule has 2 rings (SSSR count). The minimum absolute atomic E-state index is 0.0371. The second kappa shape index (κ2) is 9.58. The van der Waals surface area contributed by atoms with Gasteiger partial charge in [0.1, 0.15) is 12.7 Å². The van der Waals surface area contributed by atoms with Gasteiger partial charge >= 0.3 is 5.69 Å². The number of rotatable bonds is 9. The molecule has 0 spiro atoms. The summed E-state index contributed by atoms with van der Waals surface area (Å²) in [5.41, 5.74) is 0.912. The molecule has 8 heteroatoms. The molecular weight excluding hydrogens is 367 g/mol. The summed E-state index contributed by atoms with van der Waals surface area (Å²) in [7, 11) is 0. The Balaban J connectivity index is 1.71. The first-order chi connectivity index (χ1) is 12.0. The highest BCUT2D eigenvalue weighted by molar-refractivity contribution is 6.42. The molecule has 0 aliphatic rings. The van der Waals surface area contributed by atoms with Gasteiger partial charge in [0.05, 0.1) is 15.0 Å². The molecule has 0 heterocycles. The van der Waals surface area contributed by atoms with Crippen LogP contribution < -0.4 is 10.1 Å². The number of hydrogen-bond donors (Lipinski definition) is 2. The number of para-hydroxylation sites is 2. The molecule has 0 amide bonds. The Labute approximate surface area is 155 Å². The summed E-state index contributed by atoms with van der Waals surface area (Å²) in [6.07, 6.45) is -0.0529. The van der Waals surface area contributed by atoms with E-state index in [1.54, 1.807) is 24.3 Å². The van der Waals surface area contributed by atoms with Crippen molar-refractivity contribution < 1.29 is 14.8 Å². The first-order valence-electron chi connectivity index (χ1n) is 7.66. The maximum Gasteiger partial charge on any atom is 0.310 e. The molecule has 0 aliphatic carbocycles. The summed E-state index contributed by atoms with van der Waals surface area (Å²) in [5, 5.41) is 24.9. The van der Waals surface area contributed by atoms with Crippen LogP contribution in [0.25, 0.3) is 0 Å². The Kier molecular flexibility index (Phi) is 7.46. The third kappa shape index (κ3) is 6.17.